The summed E-state index contributed by atoms with van der Waals surface area (Å²) in [5, 5.41) is 0. The average Bonchev–Trinajstić information content (AvgIpc) is 3.51. The number of hydrogen-bond acceptors (Lipinski definition) is 2. The van der Waals surface area contributed by atoms with Crippen molar-refractivity contribution in [1.29, 1.82) is 0 Å². The van der Waals surface area contributed by atoms with E-state index in [1.54, 1.807) is 18.5 Å². The maximum Gasteiger partial charge on any atom is 0.159 e. The van der Waals surface area contributed by atoms with Gasteiger partial charge in [-0.25, -0.2) is 8.78 Å². The van der Waals surface area contributed by atoms with Crippen LogP contribution in [0.1, 0.15) is 29.9 Å². The van der Waals surface area contributed by atoms with Crippen LogP contribution in [0.4, 0.5) is 8.78 Å². The molecular weight excluding hydrogens is 428 g/mol. The molecule has 1 N–H and O–H groups in total. The Morgan fingerprint density at radius 2 is 1.74 bits per heavy atom. The number of benzene rings is 2. The van der Waals surface area contributed by atoms with Crippen molar-refractivity contribution in [3.05, 3.63) is 108 Å². The minimum Gasteiger partial charge on any atom is -0.360 e. The van der Waals surface area contributed by atoms with Crippen molar-refractivity contribution in [2.75, 3.05) is 13.1 Å². The molecule has 0 bridgehead atoms. The Hall–Kier alpha value is -3.57. The lowest BCUT2D eigenvalue weighted by molar-refractivity contribution is 0.286. The van der Waals surface area contributed by atoms with Gasteiger partial charge in [-0.05, 0) is 65.8 Å². The molecule has 3 nitrogen and oxygen atoms in total. The number of nitrogens with one attached hydrogen (secondary N) is 1. The fourth-order valence-electron chi connectivity index (χ4n) is 5.51. The highest BCUT2D eigenvalue weighted by molar-refractivity contribution is 5.91. The quantitative estimate of drug-likeness (QED) is 0.374. The van der Waals surface area contributed by atoms with Gasteiger partial charge in [0.05, 0.1) is 5.69 Å². The van der Waals surface area contributed by atoms with Gasteiger partial charge in [-0.1, -0.05) is 36.4 Å². The highest BCUT2D eigenvalue weighted by Crippen LogP contribution is 2.42. The summed E-state index contributed by atoms with van der Waals surface area (Å²) in [6.07, 6.45) is 10.0. The third-order valence-corrected chi connectivity index (χ3v) is 7.19. The lowest BCUT2D eigenvalue weighted by Gasteiger charge is -2.28. The van der Waals surface area contributed by atoms with Gasteiger partial charge in [0, 0.05) is 54.4 Å². The standard InChI is InChI=1S/C29H25F2N3/c30-26-7-6-22(16-27(26)31)29-28(20-8-11-32-12-9-20)25(17-33-29)21-10-13-34-18-23(15-24(34)14-21)19-4-2-1-3-5-19/h1-9,11-12,14,16-17,23-24,33H,10,13,15,18H2/t23-,24-/m1/s1. The van der Waals surface area contributed by atoms with E-state index in [0.717, 1.165) is 48.3 Å². The molecule has 2 atom stereocenters. The Balaban J connectivity index is 1.39. The van der Waals surface area contributed by atoms with Crippen LogP contribution >= 0.6 is 0 Å². The van der Waals surface area contributed by atoms with Crippen LogP contribution in [0.3, 0.4) is 0 Å². The molecule has 6 rings (SSSR count). The minimum atomic E-state index is -0.847. The zero-order chi connectivity index (χ0) is 23.1. The van der Waals surface area contributed by atoms with Crippen molar-refractivity contribution in [2.45, 2.75) is 24.8 Å². The smallest absolute Gasteiger partial charge is 0.159 e. The van der Waals surface area contributed by atoms with Gasteiger partial charge in [0.25, 0.3) is 0 Å². The summed E-state index contributed by atoms with van der Waals surface area (Å²) < 4.78 is 27.7. The van der Waals surface area contributed by atoms with E-state index >= 15 is 0 Å². The second-order valence-corrected chi connectivity index (χ2v) is 9.16. The summed E-state index contributed by atoms with van der Waals surface area (Å²) in [5.41, 5.74) is 7.25. The molecule has 0 spiro atoms. The van der Waals surface area contributed by atoms with Crippen molar-refractivity contribution < 1.29 is 8.78 Å². The molecule has 1 saturated heterocycles. The number of hydrogen-bond donors (Lipinski definition) is 1. The summed E-state index contributed by atoms with van der Waals surface area (Å²) >= 11 is 0. The number of aromatic amines is 1. The summed E-state index contributed by atoms with van der Waals surface area (Å²) in [6.45, 7) is 2.10. The number of fused-ring (bicyclic) bond motifs is 1. The SMILES string of the molecule is Fc1ccc(-c2[nH]cc(C3=C[C@@H]4C[C@@H](c5ccccc5)CN4CC3)c2-c2ccncc2)cc1F. The third kappa shape index (κ3) is 3.76. The summed E-state index contributed by atoms with van der Waals surface area (Å²) in [6, 6.07) is 19.2. The van der Waals surface area contributed by atoms with E-state index in [2.05, 4.69) is 51.3 Å². The number of rotatable bonds is 4. The molecule has 2 aromatic carbocycles. The molecule has 170 valence electrons. The molecule has 5 heteroatoms. The molecule has 4 aromatic rings. The number of halogens is 2. The largest absolute Gasteiger partial charge is 0.360 e. The van der Waals surface area contributed by atoms with Gasteiger partial charge >= 0.3 is 0 Å². The first kappa shape index (κ1) is 21.0. The zero-order valence-corrected chi connectivity index (χ0v) is 18.7. The van der Waals surface area contributed by atoms with E-state index < -0.39 is 11.6 Å². The Morgan fingerprint density at radius 1 is 0.912 bits per heavy atom. The Morgan fingerprint density at radius 3 is 2.53 bits per heavy atom. The van der Waals surface area contributed by atoms with Gasteiger partial charge < -0.3 is 4.98 Å². The maximum atomic E-state index is 14.1. The second kappa shape index (κ2) is 8.65. The summed E-state index contributed by atoms with van der Waals surface area (Å²) in [7, 11) is 0. The Kier molecular flexibility index (Phi) is 5.34. The van der Waals surface area contributed by atoms with E-state index in [0.29, 0.717) is 17.5 Å². The molecular formula is C29H25F2N3. The lowest BCUT2D eigenvalue weighted by atomic mass is 9.90. The van der Waals surface area contributed by atoms with Crippen LogP contribution in [-0.4, -0.2) is 34.0 Å². The van der Waals surface area contributed by atoms with Crippen LogP contribution in [0, 0.1) is 11.6 Å². The predicted molar refractivity (Wildman–Crippen MR) is 131 cm³/mol. The predicted octanol–water partition coefficient (Wildman–Crippen LogP) is 6.67. The van der Waals surface area contributed by atoms with Crippen LogP contribution in [-0.2, 0) is 0 Å². The monoisotopic (exact) mass is 453 g/mol. The highest BCUT2D eigenvalue weighted by atomic mass is 19.2. The van der Waals surface area contributed by atoms with Crippen LogP contribution in [0.25, 0.3) is 28.0 Å². The molecule has 0 aliphatic carbocycles. The fourth-order valence-corrected chi connectivity index (χ4v) is 5.51. The van der Waals surface area contributed by atoms with E-state index in [9.17, 15) is 8.78 Å². The van der Waals surface area contributed by atoms with Crippen molar-refractivity contribution >= 4 is 5.57 Å². The van der Waals surface area contributed by atoms with Crippen molar-refractivity contribution in [2.24, 2.45) is 0 Å². The zero-order valence-electron chi connectivity index (χ0n) is 18.7. The molecule has 0 unspecified atom stereocenters. The molecule has 0 saturated carbocycles. The molecule has 0 amide bonds. The number of nitrogens with zero attached hydrogens (tertiary/aromatic N) is 2. The maximum absolute atomic E-state index is 14.1. The van der Waals surface area contributed by atoms with E-state index in [1.165, 1.54) is 23.3 Å². The molecule has 2 aromatic heterocycles. The Bertz CT molecular complexity index is 1340. The van der Waals surface area contributed by atoms with Crippen LogP contribution in [0.5, 0.6) is 0 Å². The van der Waals surface area contributed by atoms with Gasteiger partial charge in [-0.3, -0.25) is 9.88 Å². The lowest BCUT2D eigenvalue weighted by Crippen LogP contribution is -2.32. The average molecular weight is 454 g/mol. The van der Waals surface area contributed by atoms with Gasteiger partial charge in [0.1, 0.15) is 0 Å². The molecule has 2 aliphatic heterocycles. The Labute approximate surface area is 197 Å². The number of pyridine rings is 1. The first-order valence-electron chi connectivity index (χ1n) is 11.7. The molecule has 1 fully saturated rings. The van der Waals surface area contributed by atoms with Gasteiger partial charge in [-0.2, -0.15) is 0 Å². The number of aromatic nitrogens is 2. The number of H-pyrrole nitrogens is 1. The first-order valence-corrected chi connectivity index (χ1v) is 11.7. The van der Waals surface area contributed by atoms with Gasteiger partial charge in [0.2, 0.25) is 0 Å². The van der Waals surface area contributed by atoms with E-state index in [1.807, 2.05) is 18.3 Å². The second-order valence-electron chi connectivity index (χ2n) is 9.16. The molecule has 0 radical (unpaired) electrons. The molecule has 4 heterocycles. The summed E-state index contributed by atoms with van der Waals surface area (Å²) in [4.78, 5) is 10.1. The van der Waals surface area contributed by atoms with Crippen LogP contribution in [0.15, 0.2) is 85.3 Å². The van der Waals surface area contributed by atoms with Crippen molar-refractivity contribution in [3.8, 4) is 22.4 Å². The van der Waals surface area contributed by atoms with Gasteiger partial charge in [-0.15, -0.1) is 0 Å². The van der Waals surface area contributed by atoms with Crippen LogP contribution in [0.2, 0.25) is 0 Å². The first-order chi connectivity index (χ1) is 16.7. The van der Waals surface area contributed by atoms with Gasteiger partial charge in [0.15, 0.2) is 11.6 Å². The topological polar surface area (TPSA) is 31.9 Å². The molecule has 34 heavy (non-hydrogen) atoms. The van der Waals surface area contributed by atoms with E-state index in [4.69, 9.17) is 0 Å². The normalized spacial score (nSPS) is 20.2. The fraction of sp³-hybridized carbons (Fsp3) is 0.207. The third-order valence-electron chi connectivity index (χ3n) is 7.19. The minimum absolute atomic E-state index is 0.404. The molecule has 2 aliphatic rings. The summed E-state index contributed by atoms with van der Waals surface area (Å²) in [5.74, 6) is -1.14. The highest BCUT2D eigenvalue weighted by Gasteiger charge is 2.34. The van der Waals surface area contributed by atoms with Crippen LogP contribution < -0.4 is 0 Å². The van der Waals surface area contributed by atoms with Crippen molar-refractivity contribution in [1.82, 2.24) is 14.9 Å². The van der Waals surface area contributed by atoms with E-state index in [-0.39, 0.29) is 0 Å². The van der Waals surface area contributed by atoms with Crippen molar-refractivity contribution in [3.63, 3.8) is 0 Å².